The standard InChI is InChI=1S/C9H10F2N2OS2/c1-2-3-4-14-7-6(5-12)8(16-13-7)15-9(10)11/h9H,2-4H2,1H3. The quantitative estimate of drug-likeness (QED) is 0.582. The van der Waals surface area contributed by atoms with Gasteiger partial charge < -0.3 is 4.74 Å². The summed E-state index contributed by atoms with van der Waals surface area (Å²) in [6.07, 6.45) is 1.81. The SMILES string of the molecule is CCCCOc1nsc(SC(F)F)c1C#N. The highest BCUT2D eigenvalue weighted by Gasteiger charge is 2.18. The molecule has 0 amide bonds. The first-order chi connectivity index (χ1) is 7.69. The Balaban J connectivity index is 2.71. The van der Waals surface area contributed by atoms with Gasteiger partial charge in [-0.1, -0.05) is 13.3 Å². The molecule has 0 atom stereocenters. The Morgan fingerprint density at radius 1 is 1.62 bits per heavy atom. The molecule has 0 saturated heterocycles. The van der Waals surface area contributed by atoms with Gasteiger partial charge in [0.2, 0.25) is 5.88 Å². The van der Waals surface area contributed by atoms with Gasteiger partial charge >= 0.3 is 0 Å². The number of nitrogens with zero attached hydrogens (tertiary/aromatic N) is 2. The van der Waals surface area contributed by atoms with Gasteiger partial charge in [0.15, 0.2) is 0 Å². The summed E-state index contributed by atoms with van der Waals surface area (Å²) in [6, 6.07) is 1.85. The second-order valence-electron chi connectivity index (χ2n) is 2.84. The summed E-state index contributed by atoms with van der Waals surface area (Å²) in [7, 11) is 0. The van der Waals surface area contributed by atoms with Crippen LogP contribution in [0.3, 0.4) is 0 Å². The van der Waals surface area contributed by atoms with E-state index in [1.165, 1.54) is 0 Å². The molecule has 0 bridgehead atoms. The number of alkyl halides is 2. The highest BCUT2D eigenvalue weighted by Crippen LogP contribution is 2.36. The van der Waals surface area contributed by atoms with E-state index in [0.717, 1.165) is 24.4 Å². The molecule has 7 heteroatoms. The summed E-state index contributed by atoms with van der Waals surface area (Å²) in [5, 5.41) is 8.84. The largest absolute Gasteiger partial charge is 0.476 e. The Kier molecular flexibility index (Phi) is 5.49. The van der Waals surface area contributed by atoms with Crippen molar-refractivity contribution in [2.75, 3.05) is 6.61 Å². The average molecular weight is 264 g/mol. The van der Waals surface area contributed by atoms with Crippen LogP contribution < -0.4 is 4.74 Å². The summed E-state index contributed by atoms with van der Waals surface area (Å²) in [6.45, 7) is 2.46. The Hall–Kier alpha value is -0.870. The van der Waals surface area contributed by atoms with E-state index in [0.29, 0.717) is 18.4 Å². The van der Waals surface area contributed by atoms with Gasteiger partial charge in [-0.3, -0.25) is 0 Å². The fourth-order valence-corrected chi connectivity index (χ4v) is 2.38. The summed E-state index contributed by atoms with van der Waals surface area (Å²) in [5.74, 6) is -2.37. The Bertz CT molecular complexity index is 376. The third-order valence-corrected chi connectivity index (χ3v) is 3.41. The van der Waals surface area contributed by atoms with Crippen molar-refractivity contribution in [3.05, 3.63) is 5.56 Å². The first-order valence-corrected chi connectivity index (χ1v) is 6.31. The lowest BCUT2D eigenvalue weighted by molar-refractivity contribution is 0.252. The molecule has 0 fully saturated rings. The number of nitriles is 1. The van der Waals surface area contributed by atoms with E-state index in [1.54, 1.807) is 0 Å². The molecule has 0 saturated carbocycles. The van der Waals surface area contributed by atoms with Crippen LogP contribution in [0, 0.1) is 11.3 Å². The molecule has 16 heavy (non-hydrogen) atoms. The van der Waals surface area contributed by atoms with Crippen molar-refractivity contribution in [1.82, 2.24) is 4.37 Å². The molecule has 1 aromatic rings. The van der Waals surface area contributed by atoms with Gasteiger partial charge in [-0.2, -0.15) is 18.4 Å². The number of halogens is 2. The number of ether oxygens (including phenoxy) is 1. The van der Waals surface area contributed by atoms with Crippen LogP contribution in [-0.2, 0) is 0 Å². The van der Waals surface area contributed by atoms with Crippen LogP contribution in [0.1, 0.15) is 25.3 Å². The van der Waals surface area contributed by atoms with E-state index < -0.39 is 5.76 Å². The topological polar surface area (TPSA) is 45.9 Å². The minimum Gasteiger partial charge on any atom is -0.476 e. The Labute approximate surface area is 101 Å². The molecule has 0 unspecified atom stereocenters. The van der Waals surface area contributed by atoms with E-state index in [9.17, 15) is 8.78 Å². The van der Waals surface area contributed by atoms with Crippen molar-refractivity contribution < 1.29 is 13.5 Å². The zero-order valence-electron chi connectivity index (χ0n) is 8.57. The molecule has 0 aliphatic rings. The molecule has 1 heterocycles. The van der Waals surface area contributed by atoms with Crippen LogP contribution in [0.15, 0.2) is 4.21 Å². The third kappa shape index (κ3) is 3.61. The minimum absolute atomic E-state index is 0.117. The first kappa shape index (κ1) is 13.2. The predicted octanol–water partition coefficient (Wildman–Crippen LogP) is 3.51. The van der Waals surface area contributed by atoms with Crippen LogP contribution in [0.25, 0.3) is 0 Å². The van der Waals surface area contributed by atoms with Crippen LogP contribution in [-0.4, -0.2) is 16.7 Å². The van der Waals surface area contributed by atoms with Gasteiger partial charge in [0.1, 0.15) is 15.8 Å². The Morgan fingerprint density at radius 2 is 2.38 bits per heavy atom. The van der Waals surface area contributed by atoms with E-state index >= 15 is 0 Å². The van der Waals surface area contributed by atoms with Gasteiger partial charge in [-0.25, -0.2) is 0 Å². The van der Waals surface area contributed by atoms with Gasteiger partial charge in [0, 0.05) is 0 Å². The van der Waals surface area contributed by atoms with Gasteiger partial charge in [-0.05, 0) is 29.7 Å². The second kappa shape index (κ2) is 6.66. The Morgan fingerprint density at radius 3 is 2.94 bits per heavy atom. The molecule has 3 nitrogen and oxygen atoms in total. The molecule has 0 aliphatic carbocycles. The molecule has 0 aromatic carbocycles. The molecule has 1 aromatic heterocycles. The smallest absolute Gasteiger partial charge is 0.289 e. The van der Waals surface area contributed by atoms with Crippen molar-refractivity contribution in [3.63, 3.8) is 0 Å². The second-order valence-corrected chi connectivity index (χ2v) is 4.87. The fourth-order valence-electron chi connectivity index (χ4n) is 0.928. The van der Waals surface area contributed by atoms with Crippen molar-refractivity contribution >= 4 is 23.3 Å². The summed E-state index contributed by atoms with van der Waals surface area (Å²) in [4.78, 5) is 0. The van der Waals surface area contributed by atoms with Crippen molar-refractivity contribution in [2.45, 2.75) is 29.7 Å². The summed E-state index contributed by atoms with van der Waals surface area (Å²) in [5.41, 5.74) is 0.117. The first-order valence-electron chi connectivity index (χ1n) is 4.66. The lowest BCUT2D eigenvalue weighted by Gasteiger charge is -2.01. The number of hydrogen-bond acceptors (Lipinski definition) is 5. The average Bonchev–Trinajstić information content (AvgIpc) is 2.60. The number of hydrogen-bond donors (Lipinski definition) is 0. The number of unbranched alkanes of at least 4 members (excludes halogenated alkanes) is 1. The molecule has 0 N–H and O–H groups in total. The predicted molar refractivity (Wildman–Crippen MR) is 59.1 cm³/mol. The zero-order chi connectivity index (χ0) is 12.0. The normalized spacial score (nSPS) is 10.4. The minimum atomic E-state index is -2.55. The molecule has 0 spiro atoms. The zero-order valence-corrected chi connectivity index (χ0v) is 10.2. The van der Waals surface area contributed by atoms with Crippen LogP contribution in [0.4, 0.5) is 8.78 Å². The van der Waals surface area contributed by atoms with Gasteiger partial charge in [-0.15, -0.1) is 0 Å². The maximum absolute atomic E-state index is 12.1. The van der Waals surface area contributed by atoms with Crippen LogP contribution >= 0.6 is 23.3 Å². The monoisotopic (exact) mass is 264 g/mol. The van der Waals surface area contributed by atoms with Gasteiger partial charge in [0.05, 0.1) is 6.61 Å². The van der Waals surface area contributed by atoms with Crippen molar-refractivity contribution in [1.29, 1.82) is 5.26 Å². The fraction of sp³-hybridized carbons (Fsp3) is 0.556. The lowest BCUT2D eigenvalue weighted by Crippen LogP contribution is -1.98. The highest BCUT2D eigenvalue weighted by molar-refractivity contribution is 8.01. The van der Waals surface area contributed by atoms with Crippen molar-refractivity contribution in [3.8, 4) is 11.9 Å². The van der Waals surface area contributed by atoms with E-state index in [-0.39, 0.29) is 15.7 Å². The van der Waals surface area contributed by atoms with E-state index in [4.69, 9.17) is 10.00 Å². The maximum Gasteiger partial charge on any atom is 0.289 e. The number of rotatable bonds is 6. The molecular formula is C9H10F2N2OS2. The van der Waals surface area contributed by atoms with Gasteiger partial charge in [0.25, 0.3) is 5.76 Å². The van der Waals surface area contributed by atoms with E-state index in [1.807, 2.05) is 13.0 Å². The highest BCUT2D eigenvalue weighted by atomic mass is 32.2. The van der Waals surface area contributed by atoms with Crippen LogP contribution in [0.2, 0.25) is 0 Å². The summed E-state index contributed by atoms with van der Waals surface area (Å²) >= 11 is 1.20. The molecular weight excluding hydrogens is 254 g/mol. The number of thioether (sulfide) groups is 1. The van der Waals surface area contributed by atoms with E-state index in [2.05, 4.69) is 4.37 Å². The van der Waals surface area contributed by atoms with Crippen molar-refractivity contribution in [2.24, 2.45) is 0 Å². The number of aromatic nitrogens is 1. The molecule has 0 aliphatic heterocycles. The molecule has 88 valence electrons. The third-order valence-electron chi connectivity index (χ3n) is 1.67. The lowest BCUT2D eigenvalue weighted by atomic mass is 10.3. The van der Waals surface area contributed by atoms with Crippen LogP contribution in [0.5, 0.6) is 5.88 Å². The molecule has 0 radical (unpaired) electrons. The maximum atomic E-state index is 12.1. The molecule has 1 rings (SSSR count). The summed E-state index contributed by atoms with van der Waals surface area (Å²) < 4.78 is 33.6.